The van der Waals surface area contributed by atoms with Gasteiger partial charge < -0.3 is 5.32 Å². The Hall–Kier alpha value is -0.880. The van der Waals surface area contributed by atoms with E-state index in [0.29, 0.717) is 17.5 Å². The van der Waals surface area contributed by atoms with E-state index in [9.17, 15) is 8.42 Å². The lowest BCUT2D eigenvalue weighted by Gasteiger charge is -2.23. The van der Waals surface area contributed by atoms with Crippen LogP contribution in [0.1, 0.15) is 29.8 Å². The van der Waals surface area contributed by atoms with Crippen LogP contribution < -0.4 is 5.32 Å². The van der Waals surface area contributed by atoms with E-state index in [-0.39, 0.29) is 0 Å². The average molecular weight is 257 g/mol. The number of nitrogens with zero attached hydrogens (tertiary/aromatic N) is 1. The van der Waals surface area contributed by atoms with E-state index in [4.69, 9.17) is 0 Å². The molecule has 5 nitrogen and oxygen atoms in total. The van der Waals surface area contributed by atoms with E-state index in [0.717, 1.165) is 30.8 Å². The van der Waals surface area contributed by atoms with E-state index in [1.807, 2.05) is 13.8 Å². The molecule has 0 saturated carbocycles. The summed E-state index contributed by atoms with van der Waals surface area (Å²) < 4.78 is 22.6. The number of sulfone groups is 1. The molecule has 0 aromatic carbocycles. The van der Waals surface area contributed by atoms with Gasteiger partial charge in [0, 0.05) is 23.8 Å². The maximum Gasteiger partial charge on any atom is 0.150 e. The normalized spacial score (nSPS) is 20.6. The minimum atomic E-state index is -2.76. The van der Waals surface area contributed by atoms with Crippen LogP contribution >= 0.6 is 0 Å². The molecule has 1 fully saturated rings. The Balaban J connectivity index is 1.88. The summed E-state index contributed by atoms with van der Waals surface area (Å²) in [5.74, 6) is 0.627. The molecule has 0 unspecified atom stereocenters. The van der Waals surface area contributed by atoms with Gasteiger partial charge in [-0.05, 0) is 26.7 Å². The Morgan fingerprint density at radius 2 is 2.00 bits per heavy atom. The van der Waals surface area contributed by atoms with Crippen molar-refractivity contribution >= 4 is 9.84 Å². The highest BCUT2D eigenvalue weighted by atomic mass is 32.2. The summed E-state index contributed by atoms with van der Waals surface area (Å²) in [6.45, 7) is 4.74. The molecule has 0 amide bonds. The fourth-order valence-corrected chi connectivity index (χ4v) is 3.67. The molecule has 0 aliphatic carbocycles. The summed E-state index contributed by atoms with van der Waals surface area (Å²) >= 11 is 0. The molecular weight excluding hydrogens is 238 g/mol. The molecule has 17 heavy (non-hydrogen) atoms. The van der Waals surface area contributed by atoms with E-state index in [1.54, 1.807) is 0 Å². The second-order valence-corrected chi connectivity index (χ2v) is 7.02. The van der Waals surface area contributed by atoms with Crippen LogP contribution in [0.2, 0.25) is 0 Å². The lowest BCUT2D eigenvalue weighted by atomic mass is 10.1. The van der Waals surface area contributed by atoms with Crippen molar-refractivity contribution < 1.29 is 8.42 Å². The molecule has 2 rings (SSSR count). The number of hydrogen-bond acceptors (Lipinski definition) is 4. The van der Waals surface area contributed by atoms with Gasteiger partial charge in [-0.15, -0.1) is 0 Å². The molecule has 1 saturated heterocycles. The van der Waals surface area contributed by atoms with Gasteiger partial charge in [0.2, 0.25) is 0 Å². The first-order valence-electron chi connectivity index (χ1n) is 5.92. The van der Waals surface area contributed by atoms with E-state index >= 15 is 0 Å². The van der Waals surface area contributed by atoms with Gasteiger partial charge in [0.15, 0.2) is 0 Å². The lowest BCUT2D eigenvalue weighted by molar-refractivity contribution is 0.462. The van der Waals surface area contributed by atoms with Crippen molar-refractivity contribution in [3.63, 3.8) is 0 Å². The van der Waals surface area contributed by atoms with Crippen LogP contribution in [0.3, 0.4) is 0 Å². The number of rotatable bonds is 3. The standard InChI is InChI=1S/C11H19N3O2S/c1-8-11(9(2)14-13-8)7-12-10-3-5-17(15,16)6-4-10/h10,12H,3-7H2,1-2H3,(H,13,14). The van der Waals surface area contributed by atoms with Gasteiger partial charge in [-0.2, -0.15) is 5.10 Å². The molecule has 96 valence electrons. The maximum absolute atomic E-state index is 11.3. The van der Waals surface area contributed by atoms with Crippen molar-refractivity contribution in [2.75, 3.05) is 11.5 Å². The topological polar surface area (TPSA) is 74.8 Å². The Labute approximate surface area is 102 Å². The third kappa shape index (κ3) is 3.07. The highest BCUT2D eigenvalue weighted by Gasteiger charge is 2.23. The fourth-order valence-electron chi connectivity index (χ4n) is 2.18. The first-order valence-corrected chi connectivity index (χ1v) is 7.74. The second kappa shape index (κ2) is 4.78. The van der Waals surface area contributed by atoms with Crippen molar-refractivity contribution in [3.8, 4) is 0 Å². The molecule has 6 heteroatoms. The molecule has 1 aliphatic heterocycles. The van der Waals surface area contributed by atoms with Gasteiger partial charge in [-0.25, -0.2) is 8.42 Å². The molecule has 0 radical (unpaired) electrons. The summed E-state index contributed by atoms with van der Waals surface area (Å²) in [7, 11) is -2.76. The van der Waals surface area contributed by atoms with Crippen LogP contribution in [0.4, 0.5) is 0 Å². The summed E-state index contributed by atoms with van der Waals surface area (Å²) in [5, 5.41) is 10.5. The minimum absolute atomic E-state index is 0.312. The summed E-state index contributed by atoms with van der Waals surface area (Å²) in [5.41, 5.74) is 3.29. The first kappa shape index (κ1) is 12.6. The SMILES string of the molecule is Cc1n[nH]c(C)c1CNC1CCS(=O)(=O)CC1. The van der Waals surface area contributed by atoms with Crippen molar-refractivity contribution in [2.45, 2.75) is 39.3 Å². The zero-order chi connectivity index (χ0) is 12.5. The minimum Gasteiger partial charge on any atom is -0.310 e. The van der Waals surface area contributed by atoms with Crippen molar-refractivity contribution in [3.05, 3.63) is 17.0 Å². The van der Waals surface area contributed by atoms with Gasteiger partial charge >= 0.3 is 0 Å². The van der Waals surface area contributed by atoms with Crippen molar-refractivity contribution in [1.29, 1.82) is 0 Å². The smallest absolute Gasteiger partial charge is 0.150 e. The zero-order valence-electron chi connectivity index (χ0n) is 10.3. The molecule has 0 spiro atoms. The predicted octanol–water partition coefficient (Wildman–Crippen LogP) is 0.693. The number of aryl methyl sites for hydroxylation is 2. The number of H-pyrrole nitrogens is 1. The lowest BCUT2D eigenvalue weighted by Crippen LogP contribution is -2.37. The molecule has 1 aliphatic rings. The number of aromatic amines is 1. The highest BCUT2D eigenvalue weighted by molar-refractivity contribution is 7.91. The van der Waals surface area contributed by atoms with Crippen LogP contribution in [0.15, 0.2) is 0 Å². The second-order valence-electron chi connectivity index (χ2n) is 4.72. The molecule has 1 aromatic heterocycles. The van der Waals surface area contributed by atoms with Crippen LogP contribution in [-0.4, -0.2) is 36.2 Å². The predicted molar refractivity (Wildman–Crippen MR) is 66.6 cm³/mol. The van der Waals surface area contributed by atoms with Crippen molar-refractivity contribution in [2.24, 2.45) is 0 Å². The van der Waals surface area contributed by atoms with E-state index in [1.165, 1.54) is 5.56 Å². The number of aromatic nitrogens is 2. The van der Waals surface area contributed by atoms with Crippen molar-refractivity contribution in [1.82, 2.24) is 15.5 Å². The number of nitrogens with one attached hydrogen (secondary N) is 2. The first-order chi connectivity index (χ1) is 7.98. The van der Waals surface area contributed by atoms with Gasteiger partial charge in [0.05, 0.1) is 17.2 Å². The zero-order valence-corrected chi connectivity index (χ0v) is 11.1. The average Bonchev–Trinajstić information content (AvgIpc) is 2.58. The molecule has 0 bridgehead atoms. The molecule has 2 N–H and O–H groups in total. The Kier molecular flexibility index (Phi) is 3.53. The Morgan fingerprint density at radius 3 is 2.53 bits per heavy atom. The summed E-state index contributed by atoms with van der Waals surface area (Å²) in [6.07, 6.45) is 1.44. The summed E-state index contributed by atoms with van der Waals surface area (Å²) in [6, 6.07) is 0.312. The summed E-state index contributed by atoms with van der Waals surface area (Å²) in [4.78, 5) is 0. The van der Waals surface area contributed by atoms with Gasteiger partial charge in [0.25, 0.3) is 0 Å². The quantitative estimate of drug-likeness (QED) is 0.835. The number of hydrogen-bond donors (Lipinski definition) is 2. The van der Waals surface area contributed by atoms with Gasteiger partial charge in [-0.1, -0.05) is 0 Å². The third-order valence-electron chi connectivity index (χ3n) is 3.40. The highest BCUT2D eigenvalue weighted by Crippen LogP contribution is 2.14. The monoisotopic (exact) mass is 257 g/mol. The van der Waals surface area contributed by atoms with Crippen LogP contribution in [0, 0.1) is 13.8 Å². The van der Waals surface area contributed by atoms with Gasteiger partial charge in [-0.3, -0.25) is 5.10 Å². The molecule has 2 heterocycles. The molecule has 0 atom stereocenters. The van der Waals surface area contributed by atoms with E-state index in [2.05, 4.69) is 15.5 Å². The van der Waals surface area contributed by atoms with E-state index < -0.39 is 9.84 Å². The van der Waals surface area contributed by atoms with Crippen LogP contribution in [-0.2, 0) is 16.4 Å². The molecule has 1 aromatic rings. The Morgan fingerprint density at radius 1 is 1.35 bits per heavy atom. The largest absolute Gasteiger partial charge is 0.310 e. The van der Waals surface area contributed by atoms with Crippen LogP contribution in [0.5, 0.6) is 0 Å². The third-order valence-corrected chi connectivity index (χ3v) is 5.12. The van der Waals surface area contributed by atoms with Gasteiger partial charge in [0.1, 0.15) is 9.84 Å². The fraction of sp³-hybridized carbons (Fsp3) is 0.727. The molecular formula is C11H19N3O2S. The van der Waals surface area contributed by atoms with Crippen LogP contribution in [0.25, 0.3) is 0 Å². The maximum atomic E-state index is 11.3. The Bertz CT molecular complexity index is 459.